The number of hydrogen-bond donors (Lipinski definition) is 2. The van der Waals surface area contributed by atoms with E-state index in [4.69, 9.17) is 5.11 Å². The molecule has 1 rings (SSSR count). The van der Waals surface area contributed by atoms with Crippen molar-refractivity contribution >= 4 is 5.97 Å². The minimum Gasteiger partial charge on any atom is -0.507 e. The van der Waals surface area contributed by atoms with Crippen LogP contribution in [0, 0.1) is 0 Å². The number of allylic oxidation sites excluding steroid dienone is 2. The molecule has 0 aliphatic carbocycles. The lowest BCUT2D eigenvalue weighted by Crippen LogP contribution is -2.03. The number of carbonyl (C=O) groups is 1. The van der Waals surface area contributed by atoms with Crippen LogP contribution in [0.5, 0.6) is 5.75 Å². The van der Waals surface area contributed by atoms with Crippen LogP contribution in [-0.4, -0.2) is 16.2 Å². The van der Waals surface area contributed by atoms with E-state index in [2.05, 4.69) is 19.1 Å². The van der Waals surface area contributed by atoms with Crippen LogP contribution in [0.3, 0.4) is 0 Å². The summed E-state index contributed by atoms with van der Waals surface area (Å²) in [6.07, 6.45) is 15.9. The van der Waals surface area contributed by atoms with Gasteiger partial charge in [0.05, 0.1) is 0 Å². The molecule has 0 atom stereocenters. The fourth-order valence-corrected chi connectivity index (χ4v) is 2.72. The molecule has 0 radical (unpaired) electrons. The molecule has 3 nitrogen and oxygen atoms in total. The first kappa shape index (κ1) is 19.3. The fraction of sp³-hybridized carbons (Fsp3) is 0.550. The summed E-state index contributed by atoms with van der Waals surface area (Å²) >= 11 is 0. The second kappa shape index (κ2) is 11.8. The third-order valence-corrected chi connectivity index (χ3v) is 4.05. The number of phenols is 1. The molecule has 3 heteroatoms. The minimum absolute atomic E-state index is 0.0551. The molecular weight excluding hydrogens is 288 g/mol. The van der Waals surface area contributed by atoms with Crippen LogP contribution in [0.2, 0.25) is 0 Å². The maximum absolute atomic E-state index is 11.2. The summed E-state index contributed by atoms with van der Waals surface area (Å²) < 4.78 is 0. The molecule has 0 amide bonds. The molecule has 128 valence electrons. The van der Waals surface area contributed by atoms with Gasteiger partial charge in [0.25, 0.3) is 0 Å². The zero-order valence-electron chi connectivity index (χ0n) is 14.3. The molecular formula is C20H30O3. The van der Waals surface area contributed by atoms with Crippen LogP contribution in [0.1, 0.15) is 80.6 Å². The van der Waals surface area contributed by atoms with Gasteiger partial charge in [-0.05, 0) is 50.2 Å². The summed E-state index contributed by atoms with van der Waals surface area (Å²) in [7, 11) is 0. The summed E-state index contributed by atoms with van der Waals surface area (Å²) in [5.74, 6) is -1.19. The lowest BCUT2D eigenvalue weighted by Gasteiger charge is -2.07. The Balaban J connectivity index is 2.17. The van der Waals surface area contributed by atoms with Gasteiger partial charge in [-0.15, -0.1) is 0 Å². The van der Waals surface area contributed by atoms with Crippen molar-refractivity contribution in [2.45, 2.75) is 71.1 Å². The molecule has 0 saturated carbocycles. The molecule has 2 N–H and O–H groups in total. The molecule has 0 aliphatic heterocycles. The first-order valence-corrected chi connectivity index (χ1v) is 8.86. The van der Waals surface area contributed by atoms with Gasteiger partial charge in [0.15, 0.2) is 0 Å². The van der Waals surface area contributed by atoms with Crippen LogP contribution in [0.15, 0.2) is 30.4 Å². The number of aromatic carboxylic acids is 1. The number of rotatable bonds is 12. The van der Waals surface area contributed by atoms with Gasteiger partial charge < -0.3 is 10.2 Å². The lowest BCUT2D eigenvalue weighted by atomic mass is 10.00. The molecule has 1 aromatic rings. The van der Waals surface area contributed by atoms with Gasteiger partial charge in [-0.3, -0.25) is 0 Å². The van der Waals surface area contributed by atoms with Crippen molar-refractivity contribution in [2.24, 2.45) is 0 Å². The normalized spacial score (nSPS) is 11.2. The molecule has 23 heavy (non-hydrogen) atoms. The molecule has 0 unspecified atom stereocenters. The number of aryl methyl sites for hydroxylation is 1. The summed E-state index contributed by atoms with van der Waals surface area (Å²) in [5, 5.41) is 18.8. The number of aromatic hydroxyl groups is 1. The standard InChI is InChI=1S/C20H30O3/c1-2-3-4-5-6-7-8-9-10-11-12-14-17-15-13-16-18(21)19(17)20(22)23/h7-8,13,15-16,21H,2-6,9-12,14H2,1H3,(H,22,23)/b8-7-. The molecule has 0 fully saturated rings. The van der Waals surface area contributed by atoms with E-state index < -0.39 is 5.97 Å². The second-order valence-electron chi connectivity index (χ2n) is 6.04. The van der Waals surface area contributed by atoms with Crippen molar-refractivity contribution in [1.29, 1.82) is 0 Å². The molecule has 0 aliphatic rings. The molecule has 0 heterocycles. The van der Waals surface area contributed by atoms with Crippen LogP contribution < -0.4 is 0 Å². The van der Waals surface area contributed by atoms with Gasteiger partial charge in [0, 0.05) is 0 Å². The molecule has 0 aromatic heterocycles. The van der Waals surface area contributed by atoms with E-state index in [1.54, 1.807) is 12.1 Å². The predicted molar refractivity (Wildman–Crippen MR) is 95.1 cm³/mol. The number of carboxylic acid groups (broad SMARTS) is 1. The summed E-state index contributed by atoms with van der Waals surface area (Å²) in [4.78, 5) is 11.2. The lowest BCUT2D eigenvalue weighted by molar-refractivity contribution is 0.0692. The Morgan fingerprint density at radius 3 is 2.26 bits per heavy atom. The Labute approximate surface area is 140 Å². The van der Waals surface area contributed by atoms with Crippen LogP contribution >= 0.6 is 0 Å². The SMILES string of the molecule is CCCCCC/C=C\CCCCCc1cccc(O)c1C(=O)O. The fourth-order valence-electron chi connectivity index (χ4n) is 2.72. The summed E-state index contributed by atoms with van der Waals surface area (Å²) in [6, 6.07) is 4.93. The summed E-state index contributed by atoms with van der Waals surface area (Å²) in [6.45, 7) is 2.23. The smallest absolute Gasteiger partial charge is 0.339 e. The van der Waals surface area contributed by atoms with E-state index in [1.807, 2.05) is 0 Å². The van der Waals surface area contributed by atoms with E-state index in [1.165, 1.54) is 38.2 Å². The highest BCUT2D eigenvalue weighted by molar-refractivity contribution is 5.92. The third kappa shape index (κ3) is 7.87. The maximum atomic E-state index is 11.2. The van der Waals surface area contributed by atoms with E-state index >= 15 is 0 Å². The zero-order chi connectivity index (χ0) is 16.9. The van der Waals surface area contributed by atoms with Gasteiger partial charge in [0.2, 0.25) is 0 Å². The Morgan fingerprint density at radius 2 is 1.65 bits per heavy atom. The molecule has 1 aromatic carbocycles. The third-order valence-electron chi connectivity index (χ3n) is 4.05. The Hall–Kier alpha value is -1.77. The van der Waals surface area contributed by atoms with Crippen molar-refractivity contribution in [2.75, 3.05) is 0 Å². The van der Waals surface area contributed by atoms with Crippen molar-refractivity contribution in [3.63, 3.8) is 0 Å². The highest BCUT2D eigenvalue weighted by atomic mass is 16.4. The molecule has 0 spiro atoms. The van der Waals surface area contributed by atoms with Crippen molar-refractivity contribution in [1.82, 2.24) is 0 Å². The Morgan fingerprint density at radius 1 is 1.00 bits per heavy atom. The van der Waals surface area contributed by atoms with Crippen LogP contribution in [0.4, 0.5) is 0 Å². The first-order valence-electron chi connectivity index (χ1n) is 8.86. The van der Waals surface area contributed by atoms with Crippen molar-refractivity contribution in [3.05, 3.63) is 41.5 Å². The number of unbranched alkanes of at least 4 members (excludes halogenated alkanes) is 7. The molecule has 0 bridgehead atoms. The van der Waals surface area contributed by atoms with Gasteiger partial charge in [0.1, 0.15) is 11.3 Å². The van der Waals surface area contributed by atoms with E-state index in [0.717, 1.165) is 31.2 Å². The number of hydrogen-bond acceptors (Lipinski definition) is 2. The Kier molecular flexibility index (Phi) is 9.85. The summed E-state index contributed by atoms with van der Waals surface area (Å²) in [5.41, 5.74) is 0.781. The van der Waals surface area contributed by atoms with Gasteiger partial charge in [-0.2, -0.15) is 0 Å². The first-order chi connectivity index (χ1) is 11.2. The van der Waals surface area contributed by atoms with E-state index in [-0.39, 0.29) is 11.3 Å². The second-order valence-corrected chi connectivity index (χ2v) is 6.04. The average molecular weight is 318 g/mol. The van der Waals surface area contributed by atoms with Crippen molar-refractivity contribution < 1.29 is 15.0 Å². The monoisotopic (exact) mass is 318 g/mol. The van der Waals surface area contributed by atoms with E-state index in [0.29, 0.717) is 6.42 Å². The topological polar surface area (TPSA) is 57.5 Å². The van der Waals surface area contributed by atoms with Crippen molar-refractivity contribution in [3.8, 4) is 5.75 Å². The minimum atomic E-state index is -1.05. The van der Waals surface area contributed by atoms with Crippen LogP contribution in [0.25, 0.3) is 0 Å². The number of carboxylic acids is 1. The Bertz CT molecular complexity index is 492. The maximum Gasteiger partial charge on any atom is 0.339 e. The van der Waals surface area contributed by atoms with Gasteiger partial charge in [-0.25, -0.2) is 4.79 Å². The highest BCUT2D eigenvalue weighted by Crippen LogP contribution is 2.22. The molecule has 0 saturated heterocycles. The largest absolute Gasteiger partial charge is 0.507 e. The highest BCUT2D eigenvalue weighted by Gasteiger charge is 2.14. The van der Waals surface area contributed by atoms with E-state index in [9.17, 15) is 9.90 Å². The van der Waals surface area contributed by atoms with Gasteiger partial charge in [-0.1, -0.05) is 56.9 Å². The van der Waals surface area contributed by atoms with Crippen LogP contribution in [-0.2, 0) is 6.42 Å². The van der Waals surface area contributed by atoms with Gasteiger partial charge >= 0.3 is 5.97 Å². The number of benzene rings is 1. The quantitative estimate of drug-likeness (QED) is 0.383. The average Bonchev–Trinajstić information content (AvgIpc) is 2.52. The predicted octanol–water partition coefficient (Wildman–Crippen LogP) is 5.72. The zero-order valence-corrected chi connectivity index (χ0v) is 14.3.